The summed E-state index contributed by atoms with van der Waals surface area (Å²) < 4.78 is 5.93. The minimum absolute atomic E-state index is 0.129. The molecule has 23 heavy (non-hydrogen) atoms. The molecule has 0 aliphatic rings. The van der Waals surface area contributed by atoms with E-state index >= 15 is 0 Å². The van der Waals surface area contributed by atoms with Gasteiger partial charge < -0.3 is 14.3 Å². The lowest BCUT2D eigenvalue weighted by atomic mass is 10.0. The number of carbonyl (C=O) groups excluding carboxylic acids is 1. The largest absolute Gasteiger partial charge is 0.481 e. The van der Waals surface area contributed by atoms with E-state index in [1.807, 2.05) is 21.1 Å². The first-order chi connectivity index (χ1) is 10.6. The molecule has 0 saturated heterocycles. The molecule has 1 unspecified atom stereocenters. The third-order valence-electron chi connectivity index (χ3n) is 3.61. The summed E-state index contributed by atoms with van der Waals surface area (Å²) in [6, 6.07) is 0. The minimum Gasteiger partial charge on any atom is -0.481 e. The molecule has 136 valence electrons. The summed E-state index contributed by atoms with van der Waals surface area (Å²) in [5.74, 6) is -0.439. The molecule has 0 saturated carbocycles. The Balaban J connectivity index is 3.92. The number of hydrogen-bond acceptors (Lipinski definition) is 3. The number of rotatable bonds is 13. The molecule has 1 N–H and O–H groups in total. The van der Waals surface area contributed by atoms with Crippen LogP contribution in [-0.2, 0) is 14.3 Å². The van der Waals surface area contributed by atoms with Gasteiger partial charge >= 0.3 is 11.9 Å². The number of esters is 1. The van der Waals surface area contributed by atoms with Gasteiger partial charge in [-0.2, -0.15) is 0 Å². The summed E-state index contributed by atoms with van der Waals surface area (Å²) in [6.07, 6.45) is 6.46. The Morgan fingerprint density at radius 2 is 1.57 bits per heavy atom. The molecule has 0 fully saturated rings. The quantitative estimate of drug-likeness (QED) is 0.319. The van der Waals surface area contributed by atoms with Crippen molar-refractivity contribution in [1.82, 2.24) is 0 Å². The highest BCUT2D eigenvalue weighted by atomic mass is 16.5. The predicted molar refractivity (Wildman–Crippen MR) is 92.2 cm³/mol. The number of ether oxygens (including phenoxy) is 1. The highest BCUT2D eigenvalue weighted by molar-refractivity contribution is 5.71. The van der Waals surface area contributed by atoms with Crippen LogP contribution in [0, 0.1) is 5.92 Å². The third kappa shape index (κ3) is 15.6. The highest BCUT2D eigenvalue weighted by Gasteiger charge is 2.24. The van der Waals surface area contributed by atoms with E-state index in [9.17, 15) is 9.59 Å². The molecule has 0 aromatic carbocycles. The molecular formula is C18H36NO4+. The summed E-state index contributed by atoms with van der Waals surface area (Å²) in [5, 5.41) is 8.93. The Labute approximate surface area is 141 Å². The maximum absolute atomic E-state index is 11.9. The molecule has 0 spiro atoms. The van der Waals surface area contributed by atoms with Crippen LogP contribution in [0.25, 0.3) is 0 Å². The Kier molecular flexibility index (Phi) is 10.9. The van der Waals surface area contributed by atoms with E-state index in [4.69, 9.17) is 9.84 Å². The monoisotopic (exact) mass is 330 g/mol. The van der Waals surface area contributed by atoms with Gasteiger partial charge in [0.2, 0.25) is 0 Å². The van der Waals surface area contributed by atoms with Crippen molar-refractivity contribution in [3.63, 3.8) is 0 Å². The molecule has 5 nitrogen and oxygen atoms in total. The van der Waals surface area contributed by atoms with Crippen LogP contribution in [0.3, 0.4) is 0 Å². The standard InChI is InChI=1S/C18H35NO4/c1-15(2)11-9-7-6-8-10-12-18(22)23-16(13-17(20)21)14-19(3,4)5/h15-16H,6-14H2,1-5H3/p+1. The van der Waals surface area contributed by atoms with Gasteiger partial charge in [0.1, 0.15) is 6.54 Å². The summed E-state index contributed by atoms with van der Waals surface area (Å²) >= 11 is 0. The van der Waals surface area contributed by atoms with Crippen molar-refractivity contribution in [2.45, 2.75) is 71.3 Å². The molecule has 5 heteroatoms. The fraction of sp³-hybridized carbons (Fsp3) is 0.889. The number of aliphatic carboxylic acids is 1. The summed E-state index contributed by atoms with van der Waals surface area (Å²) in [4.78, 5) is 22.8. The van der Waals surface area contributed by atoms with Crippen molar-refractivity contribution in [2.75, 3.05) is 27.7 Å². The lowest BCUT2D eigenvalue weighted by Gasteiger charge is -2.28. The maximum atomic E-state index is 11.9. The van der Waals surface area contributed by atoms with Crippen molar-refractivity contribution in [1.29, 1.82) is 0 Å². The molecule has 0 amide bonds. The SMILES string of the molecule is CC(C)CCCCCCCC(=O)OC(CC(=O)O)C[N+](C)(C)C. The summed E-state index contributed by atoms with van der Waals surface area (Å²) in [6.45, 7) is 4.98. The number of nitrogens with zero attached hydrogens (tertiary/aromatic N) is 1. The summed E-state index contributed by atoms with van der Waals surface area (Å²) in [7, 11) is 5.87. The second-order valence-electron chi connectivity index (χ2n) is 7.88. The lowest BCUT2D eigenvalue weighted by molar-refractivity contribution is -0.873. The molecule has 1 atom stereocenters. The number of carboxylic acid groups (broad SMARTS) is 1. The fourth-order valence-corrected chi connectivity index (χ4v) is 2.55. The van der Waals surface area contributed by atoms with E-state index in [0.29, 0.717) is 17.4 Å². The number of quaternary nitrogens is 1. The highest BCUT2D eigenvalue weighted by Crippen LogP contribution is 2.12. The minimum atomic E-state index is -0.929. The van der Waals surface area contributed by atoms with Crippen molar-refractivity contribution < 1.29 is 23.9 Å². The molecule has 0 heterocycles. The van der Waals surface area contributed by atoms with E-state index in [1.54, 1.807) is 0 Å². The number of unbranched alkanes of at least 4 members (excludes halogenated alkanes) is 4. The molecule has 0 aliphatic heterocycles. The summed E-state index contributed by atoms with van der Waals surface area (Å²) in [5.41, 5.74) is 0. The van der Waals surface area contributed by atoms with Gasteiger partial charge in [0.15, 0.2) is 6.10 Å². The second kappa shape index (κ2) is 11.4. The number of carbonyl (C=O) groups is 2. The van der Waals surface area contributed by atoms with Crippen molar-refractivity contribution >= 4 is 11.9 Å². The van der Waals surface area contributed by atoms with Gasteiger partial charge in [0, 0.05) is 6.42 Å². The van der Waals surface area contributed by atoms with Crippen LogP contribution < -0.4 is 0 Å². The van der Waals surface area contributed by atoms with Gasteiger partial charge in [0.05, 0.1) is 27.6 Å². The van der Waals surface area contributed by atoms with Gasteiger partial charge in [-0.1, -0.05) is 46.0 Å². The van der Waals surface area contributed by atoms with Gasteiger partial charge in [-0.25, -0.2) is 0 Å². The second-order valence-corrected chi connectivity index (χ2v) is 7.88. The molecule has 0 radical (unpaired) electrons. The first-order valence-corrected chi connectivity index (χ1v) is 8.82. The van der Waals surface area contributed by atoms with Crippen molar-refractivity contribution in [2.24, 2.45) is 5.92 Å². The number of hydrogen-bond donors (Lipinski definition) is 1. The molecule has 0 aromatic rings. The zero-order valence-corrected chi connectivity index (χ0v) is 15.6. The van der Waals surface area contributed by atoms with Crippen LogP contribution in [0.1, 0.15) is 65.2 Å². The molecular weight excluding hydrogens is 294 g/mol. The van der Waals surface area contributed by atoms with E-state index in [2.05, 4.69) is 13.8 Å². The van der Waals surface area contributed by atoms with E-state index in [-0.39, 0.29) is 12.4 Å². The normalized spacial score (nSPS) is 13.1. The molecule has 0 aromatic heterocycles. The Morgan fingerprint density at radius 1 is 1.00 bits per heavy atom. The lowest BCUT2D eigenvalue weighted by Crippen LogP contribution is -2.43. The van der Waals surface area contributed by atoms with Crippen molar-refractivity contribution in [3.05, 3.63) is 0 Å². The van der Waals surface area contributed by atoms with E-state index in [0.717, 1.165) is 25.2 Å². The van der Waals surface area contributed by atoms with Crippen LogP contribution in [-0.4, -0.2) is 55.3 Å². The van der Waals surface area contributed by atoms with Gasteiger partial charge in [-0.3, -0.25) is 9.59 Å². The van der Waals surface area contributed by atoms with Gasteiger partial charge in [-0.05, 0) is 12.3 Å². The Bertz CT molecular complexity index is 347. The number of carboxylic acids is 1. The average molecular weight is 330 g/mol. The zero-order chi connectivity index (χ0) is 17.9. The van der Waals surface area contributed by atoms with Crippen LogP contribution in [0.4, 0.5) is 0 Å². The molecule has 0 aliphatic carbocycles. The third-order valence-corrected chi connectivity index (χ3v) is 3.61. The van der Waals surface area contributed by atoms with E-state index < -0.39 is 12.1 Å². The van der Waals surface area contributed by atoms with Crippen molar-refractivity contribution in [3.8, 4) is 0 Å². The Morgan fingerprint density at radius 3 is 2.09 bits per heavy atom. The van der Waals surface area contributed by atoms with Crippen LogP contribution in [0.15, 0.2) is 0 Å². The maximum Gasteiger partial charge on any atom is 0.307 e. The first-order valence-electron chi connectivity index (χ1n) is 8.82. The Hall–Kier alpha value is -1.10. The number of likely N-dealkylation sites (N-methyl/N-ethyl adjacent to an activating group) is 1. The van der Waals surface area contributed by atoms with Gasteiger partial charge in [0.25, 0.3) is 0 Å². The van der Waals surface area contributed by atoms with Crippen LogP contribution in [0.2, 0.25) is 0 Å². The first kappa shape index (κ1) is 21.9. The zero-order valence-electron chi connectivity index (χ0n) is 15.6. The van der Waals surface area contributed by atoms with E-state index in [1.165, 1.54) is 19.3 Å². The predicted octanol–water partition coefficient (Wildman–Crippen LogP) is 3.47. The topological polar surface area (TPSA) is 63.6 Å². The molecule has 0 bridgehead atoms. The molecule has 0 rings (SSSR count). The van der Waals surface area contributed by atoms with Crippen LogP contribution >= 0.6 is 0 Å². The average Bonchev–Trinajstić information content (AvgIpc) is 2.34. The smallest absolute Gasteiger partial charge is 0.307 e. The fourth-order valence-electron chi connectivity index (χ4n) is 2.55. The van der Waals surface area contributed by atoms with Crippen LogP contribution in [0.5, 0.6) is 0 Å². The van der Waals surface area contributed by atoms with Gasteiger partial charge in [-0.15, -0.1) is 0 Å².